The van der Waals surface area contributed by atoms with Crippen LogP contribution in [-0.4, -0.2) is 26.0 Å². The lowest BCUT2D eigenvalue weighted by molar-refractivity contribution is -0.120. The first kappa shape index (κ1) is 19.1. The van der Waals surface area contributed by atoms with E-state index in [1.165, 1.54) is 20.3 Å². The second-order valence-electron chi connectivity index (χ2n) is 5.76. The third-order valence-corrected chi connectivity index (χ3v) is 4.69. The third-order valence-electron chi connectivity index (χ3n) is 4.10. The molecule has 1 N–H and O–H groups in total. The van der Waals surface area contributed by atoms with Crippen molar-refractivity contribution in [1.29, 1.82) is 0 Å². The summed E-state index contributed by atoms with van der Waals surface area (Å²) < 4.78 is 10.5. The van der Waals surface area contributed by atoms with Crippen molar-refractivity contribution in [2.45, 2.75) is 6.92 Å². The lowest BCUT2D eigenvalue weighted by Crippen LogP contribution is -2.32. The number of ether oxygens (including phenoxy) is 2. The predicted octanol–water partition coefficient (Wildman–Crippen LogP) is 4.10. The van der Waals surface area contributed by atoms with Crippen molar-refractivity contribution in [2.75, 3.05) is 24.4 Å². The second kappa shape index (κ2) is 7.50. The highest BCUT2D eigenvalue weighted by atomic mass is 35.5. The minimum atomic E-state index is -0.651. The minimum absolute atomic E-state index is 0.0167. The number of benzene rings is 2. The van der Waals surface area contributed by atoms with Gasteiger partial charge in [-0.1, -0.05) is 23.2 Å². The Bertz CT molecular complexity index is 972. The lowest BCUT2D eigenvalue weighted by atomic mass is 10.2. The summed E-state index contributed by atoms with van der Waals surface area (Å²) in [6.45, 7) is 1.83. The molecule has 2 aromatic carbocycles. The molecule has 2 aromatic rings. The van der Waals surface area contributed by atoms with Crippen LogP contribution in [0.2, 0.25) is 5.02 Å². The number of anilines is 2. The summed E-state index contributed by atoms with van der Waals surface area (Å²) >= 11 is 12.1. The molecule has 140 valence electrons. The fourth-order valence-corrected chi connectivity index (χ4v) is 3.14. The van der Waals surface area contributed by atoms with Crippen LogP contribution in [0.3, 0.4) is 0 Å². The van der Waals surface area contributed by atoms with Crippen LogP contribution in [0.4, 0.5) is 11.4 Å². The summed E-state index contributed by atoms with van der Waals surface area (Å²) in [6.07, 6.45) is 0. The van der Waals surface area contributed by atoms with Crippen molar-refractivity contribution in [3.05, 3.63) is 57.7 Å². The molecule has 1 aliphatic heterocycles. The summed E-state index contributed by atoms with van der Waals surface area (Å²) in [5.74, 6) is -0.434. The lowest BCUT2D eigenvalue weighted by Gasteiger charge is -2.19. The highest BCUT2D eigenvalue weighted by molar-refractivity contribution is 6.53. The molecule has 8 heteroatoms. The number of nitrogens with zero attached hydrogens (tertiary/aromatic N) is 1. The van der Waals surface area contributed by atoms with Gasteiger partial charge < -0.3 is 14.8 Å². The maximum atomic E-state index is 13.0. The topological polar surface area (TPSA) is 67.9 Å². The number of rotatable bonds is 5. The molecule has 0 radical (unpaired) electrons. The summed E-state index contributed by atoms with van der Waals surface area (Å²) in [5.41, 5.74) is 1.65. The maximum Gasteiger partial charge on any atom is 0.283 e. The largest absolute Gasteiger partial charge is 0.497 e. The molecule has 0 aliphatic carbocycles. The van der Waals surface area contributed by atoms with E-state index in [-0.39, 0.29) is 16.4 Å². The van der Waals surface area contributed by atoms with Gasteiger partial charge in [0.2, 0.25) is 0 Å². The molecule has 1 aliphatic rings. The number of hydrogen-bond acceptors (Lipinski definition) is 5. The van der Waals surface area contributed by atoms with Crippen LogP contribution in [0.1, 0.15) is 5.56 Å². The number of hydrogen-bond donors (Lipinski definition) is 1. The smallest absolute Gasteiger partial charge is 0.283 e. The van der Waals surface area contributed by atoms with Gasteiger partial charge in [0.05, 0.1) is 19.9 Å². The monoisotopic (exact) mass is 406 g/mol. The van der Waals surface area contributed by atoms with Gasteiger partial charge in [-0.05, 0) is 42.8 Å². The molecule has 0 saturated carbocycles. The van der Waals surface area contributed by atoms with Crippen molar-refractivity contribution >= 4 is 46.4 Å². The van der Waals surface area contributed by atoms with Crippen LogP contribution in [0.25, 0.3) is 0 Å². The number of methoxy groups -OCH3 is 2. The minimum Gasteiger partial charge on any atom is -0.497 e. The quantitative estimate of drug-likeness (QED) is 0.756. The highest BCUT2D eigenvalue weighted by Crippen LogP contribution is 2.38. The zero-order valence-electron chi connectivity index (χ0n) is 14.8. The molecule has 0 aromatic heterocycles. The summed E-state index contributed by atoms with van der Waals surface area (Å²) in [5, 5.41) is 3.29. The second-order valence-corrected chi connectivity index (χ2v) is 6.57. The van der Waals surface area contributed by atoms with Gasteiger partial charge in [-0.3, -0.25) is 9.59 Å². The Balaban J connectivity index is 1.99. The summed E-state index contributed by atoms with van der Waals surface area (Å²) in [6, 6.07) is 9.94. The highest BCUT2D eigenvalue weighted by Gasteiger charge is 2.40. The molecule has 6 nitrogen and oxygen atoms in total. The number of amides is 2. The van der Waals surface area contributed by atoms with Crippen LogP contribution in [0, 0.1) is 6.92 Å². The molecule has 0 fully saturated rings. The van der Waals surface area contributed by atoms with Gasteiger partial charge in [0, 0.05) is 16.8 Å². The molecule has 3 rings (SSSR count). The number of aryl methyl sites for hydroxylation is 1. The zero-order chi connectivity index (χ0) is 19.7. The fraction of sp³-hybridized carbons (Fsp3) is 0.158. The van der Waals surface area contributed by atoms with E-state index < -0.39 is 11.8 Å². The fourth-order valence-electron chi connectivity index (χ4n) is 2.70. The van der Waals surface area contributed by atoms with Crippen molar-refractivity contribution < 1.29 is 19.1 Å². The van der Waals surface area contributed by atoms with Gasteiger partial charge in [-0.15, -0.1) is 0 Å². The SMILES string of the molecule is COc1ccc(OC)c(N2C(=O)C(Cl)=C(Nc3ccc(Cl)cc3C)C2=O)c1. The predicted molar refractivity (Wildman–Crippen MR) is 105 cm³/mol. The normalized spacial score (nSPS) is 14.0. The van der Waals surface area contributed by atoms with E-state index in [0.29, 0.717) is 22.2 Å². The maximum absolute atomic E-state index is 13.0. The number of halogens is 2. The van der Waals surface area contributed by atoms with Gasteiger partial charge in [0.25, 0.3) is 11.8 Å². The Labute approximate surface area is 166 Å². The van der Waals surface area contributed by atoms with Crippen LogP contribution < -0.4 is 19.7 Å². The first-order valence-electron chi connectivity index (χ1n) is 7.91. The van der Waals surface area contributed by atoms with Crippen LogP contribution in [-0.2, 0) is 9.59 Å². The number of imide groups is 1. The molecular weight excluding hydrogens is 391 g/mol. The molecular formula is C19H16Cl2N2O4. The molecule has 2 amide bonds. The van der Waals surface area contributed by atoms with E-state index in [4.69, 9.17) is 32.7 Å². The molecule has 0 saturated heterocycles. The van der Waals surface area contributed by atoms with Gasteiger partial charge in [-0.2, -0.15) is 0 Å². The average molecular weight is 407 g/mol. The number of carbonyl (C=O) groups is 2. The van der Waals surface area contributed by atoms with Crippen molar-refractivity contribution in [2.24, 2.45) is 0 Å². The Morgan fingerprint density at radius 1 is 0.963 bits per heavy atom. The van der Waals surface area contributed by atoms with Crippen LogP contribution >= 0.6 is 23.2 Å². The van der Waals surface area contributed by atoms with Crippen molar-refractivity contribution in [1.82, 2.24) is 0 Å². The molecule has 0 unspecified atom stereocenters. The number of nitrogens with one attached hydrogen (secondary N) is 1. The van der Waals surface area contributed by atoms with Gasteiger partial charge >= 0.3 is 0 Å². The van der Waals surface area contributed by atoms with E-state index in [0.717, 1.165) is 10.5 Å². The van der Waals surface area contributed by atoms with E-state index in [9.17, 15) is 9.59 Å². The Kier molecular flexibility index (Phi) is 5.30. The Morgan fingerprint density at radius 2 is 1.70 bits per heavy atom. The van der Waals surface area contributed by atoms with Crippen molar-refractivity contribution in [3.63, 3.8) is 0 Å². The average Bonchev–Trinajstić information content (AvgIpc) is 2.86. The number of carbonyl (C=O) groups excluding carboxylic acids is 2. The molecule has 0 spiro atoms. The van der Waals surface area contributed by atoms with Crippen molar-refractivity contribution in [3.8, 4) is 11.5 Å². The first-order chi connectivity index (χ1) is 12.9. The molecule has 1 heterocycles. The van der Waals surface area contributed by atoms with Gasteiger partial charge in [0.15, 0.2) is 0 Å². The van der Waals surface area contributed by atoms with Crippen LogP contribution in [0.5, 0.6) is 11.5 Å². The van der Waals surface area contributed by atoms with E-state index in [1.54, 1.807) is 30.3 Å². The first-order valence-corrected chi connectivity index (χ1v) is 8.66. The van der Waals surface area contributed by atoms with Gasteiger partial charge in [0.1, 0.15) is 22.2 Å². The Morgan fingerprint density at radius 3 is 2.33 bits per heavy atom. The summed E-state index contributed by atoms with van der Waals surface area (Å²) in [7, 11) is 2.93. The van der Waals surface area contributed by atoms with E-state index in [1.807, 2.05) is 6.92 Å². The molecule has 27 heavy (non-hydrogen) atoms. The van der Waals surface area contributed by atoms with E-state index in [2.05, 4.69) is 5.32 Å². The standard InChI is InChI=1S/C19H16Cl2N2O4/c1-10-8-11(20)4-6-13(10)22-17-16(21)18(24)23(19(17)25)14-9-12(26-2)5-7-15(14)27-3/h4-9,22H,1-3H3. The third kappa shape index (κ3) is 3.46. The van der Waals surface area contributed by atoms with Crippen LogP contribution in [0.15, 0.2) is 47.1 Å². The summed E-state index contributed by atoms with van der Waals surface area (Å²) in [4.78, 5) is 26.6. The molecule has 0 atom stereocenters. The molecule has 0 bridgehead atoms. The Hall–Kier alpha value is -2.70. The van der Waals surface area contributed by atoms with Gasteiger partial charge in [-0.25, -0.2) is 4.90 Å². The zero-order valence-corrected chi connectivity index (χ0v) is 16.3. The van der Waals surface area contributed by atoms with E-state index >= 15 is 0 Å².